The van der Waals surface area contributed by atoms with Gasteiger partial charge in [0.1, 0.15) is 5.82 Å². The molecule has 2 aromatic rings. The van der Waals surface area contributed by atoms with E-state index in [1.807, 2.05) is 30.3 Å². The highest BCUT2D eigenvalue weighted by Crippen LogP contribution is 2.18. The third-order valence-corrected chi connectivity index (χ3v) is 5.56. The predicted octanol–water partition coefficient (Wildman–Crippen LogP) is 2.82. The van der Waals surface area contributed by atoms with E-state index in [-0.39, 0.29) is 42.5 Å². The monoisotopic (exact) mass is 437 g/mol. The average molecular weight is 438 g/mol. The fourth-order valence-corrected chi connectivity index (χ4v) is 3.54. The van der Waals surface area contributed by atoms with Gasteiger partial charge in [0, 0.05) is 31.6 Å². The summed E-state index contributed by atoms with van der Waals surface area (Å²) in [4.78, 5) is 38.4. The second-order valence-corrected chi connectivity index (χ2v) is 7.92. The van der Waals surface area contributed by atoms with Crippen molar-refractivity contribution in [3.63, 3.8) is 0 Å². The van der Waals surface area contributed by atoms with Crippen LogP contribution in [0, 0.1) is 18.7 Å². The van der Waals surface area contributed by atoms with Gasteiger partial charge < -0.3 is 15.5 Å². The molecular weight excluding hydrogens is 409 g/mol. The first-order valence-electron chi connectivity index (χ1n) is 10.7. The summed E-state index contributed by atoms with van der Waals surface area (Å²) in [6.07, 6.45) is 4.21. The topological polar surface area (TPSA) is 78.5 Å². The van der Waals surface area contributed by atoms with E-state index in [0.29, 0.717) is 37.1 Å². The Morgan fingerprint density at radius 1 is 1.06 bits per heavy atom. The van der Waals surface area contributed by atoms with E-state index in [0.717, 1.165) is 5.56 Å². The summed E-state index contributed by atoms with van der Waals surface area (Å²) < 4.78 is 13.6. The standard InChI is InChI=1S/C25H28FN3O3/c1-18-7-8-20(15-22(18)26)16-28-25(32)21-11-13-29(14-12-21)24(31)17-27-23(30)10-9-19-5-3-2-4-6-19/h2-10,15,21H,11-14,16-17H2,1H3,(H,27,30)(H,28,32)/b10-9+. The minimum absolute atomic E-state index is 0.0756. The van der Waals surface area contributed by atoms with Crippen LogP contribution in [0.4, 0.5) is 4.39 Å². The Morgan fingerprint density at radius 2 is 1.78 bits per heavy atom. The van der Waals surface area contributed by atoms with Crippen LogP contribution in [0.15, 0.2) is 54.6 Å². The Hall–Kier alpha value is -3.48. The molecular formula is C25H28FN3O3. The van der Waals surface area contributed by atoms with Gasteiger partial charge in [0.05, 0.1) is 6.54 Å². The number of hydrogen-bond donors (Lipinski definition) is 2. The van der Waals surface area contributed by atoms with Crippen LogP contribution in [0.5, 0.6) is 0 Å². The van der Waals surface area contributed by atoms with Crippen LogP contribution in [0.3, 0.4) is 0 Å². The maximum absolute atomic E-state index is 13.6. The number of carbonyl (C=O) groups excluding carboxylic acids is 3. The quantitative estimate of drug-likeness (QED) is 0.654. The Labute approximate surface area is 187 Å². The lowest BCUT2D eigenvalue weighted by atomic mass is 9.95. The number of nitrogens with one attached hydrogen (secondary N) is 2. The third-order valence-electron chi connectivity index (χ3n) is 5.56. The SMILES string of the molecule is Cc1ccc(CNC(=O)C2CCN(C(=O)CNC(=O)/C=C/c3ccccc3)CC2)cc1F. The molecule has 1 heterocycles. The molecule has 0 unspecified atom stereocenters. The molecule has 1 aliphatic rings. The number of hydrogen-bond acceptors (Lipinski definition) is 3. The lowest BCUT2D eigenvalue weighted by molar-refractivity contribution is -0.135. The molecule has 2 N–H and O–H groups in total. The van der Waals surface area contributed by atoms with E-state index in [2.05, 4.69) is 10.6 Å². The van der Waals surface area contributed by atoms with Gasteiger partial charge in [-0.15, -0.1) is 0 Å². The first kappa shape index (κ1) is 23.2. The van der Waals surface area contributed by atoms with Crippen molar-refractivity contribution in [3.05, 3.63) is 77.1 Å². The van der Waals surface area contributed by atoms with E-state index >= 15 is 0 Å². The summed E-state index contributed by atoms with van der Waals surface area (Å²) in [5.74, 6) is -1.05. The zero-order chi connectivity index (χ0) is 22.9. The molecule has 7 heteroatoms. The molecule has 0 aromatic heterocycles. The molecule has 1 fully saturated rings. The van der Waals surface area contributed by atoms with Crippen LogP contribution in [-0.2, 0) is 20.9 Å². The van der Waals surface area contributed by atoms with E-state index < -0.39 is 0 Å². The van der Waals surface area contributed by atoms with Crippen molar-refractivity contribution >= 4 is 23.8 Å². The van der Waals surface area contributed by atoms with E-state index in [1.165, 1.54) is 12.1 Å². The van der Waals surface area contributed by atoms with Crippen LogP contribution in [0.2, 0.25) is 0 Å². The van der Waals surface area contributed by atoms with Gasteiger partial charge in [-0.2, -0.15) is 0 Å². The highest BCUT2D eigenvalue weighted by Gasteiger charge is 2.27. The lowest BCUT2D eigenvalue weighted by Gasteiger charge is -2.31. The fraction of sp³-hybridized carbons (Fsp3) is 0.320. The summed E-state index contributed by atoms with van der Waals surface area (Å²) in [6.45, 7) is 2.82. The number of carbonyl (C=O) groups is 3. The molecule has 0 saturated carbocycles. The first-order chi connectivity index (χ1) is 15.4. The number of amides is 3. The van der Waals surface area contributed by atoms with Crippen molar-refractivity contribution < 1.29 is 18.8 Å². The van der Waals surface area contributed by atoms with Crippen LogP contribution < -0.4 is 10.6 Å². The number of likely N-dealkylation sites (tertiary alicyclic amines) is 1. The smallest absolute Gasteiger partial charge is 0.244 e. The van der Waals surface area contributed by atoms with Gasteiger partial charge in [-0.3, -0.25) is 14.4 Å². The van der Waals surface area contributed by atoms with Crippen LogP contribution in [0.25, 0.3) is 6.08 Å². The summed E-state index contributed by atoms with van der Waals surface area (Å²) in [6, 6.07) is 14.3. The van der Waals surface area contributed by atoms with Gasteiger partial charge in [-0.25, -0.2) is 4.39 Å². The second kappa shape index (κ2) is 11.2. The largest absolute Gasteiger partial charge is 0.352 e. The van der Waals surface area contributed by atoms with Crippen LogP contribution in [-0.4, -0.2) is 42.3 Å². The van der Waals surface area contributed by atoms with Gasteiger partial charge in [-0.1, -0.05) is 42.5 Å². The van der Waals surface area contributed by atoms with E-state index in [4.69, 9.17) is 0 Å². The average Bonchev–Trinajstić information content (AvgIpc) is 2.82. The maximum Gasteiger partial charge on any atom is 0.244 e. The maximum atomic E-state index is 13.6. The normalized spacial score (nSPS) is 14.4. The zero-order valence-corrected chi connectivity index (χ0v) is 18.1. The van der Waals surface area contributed by atoms with Gasteiger partial charge in [0.25, 0.3) is 0 Å². The highest BCUT2D eigenvalue weighted by atomic mass is 19.1. The lowest BCUT2D eigenvalue weighted by Crippen LogP contribution is -2.46. The molecule has 0 radical (unpaired) electrons. The Morgan fingerprint density at radius 3 is 2.47 bits per heavy atom. The first-order valence-corrected chi connectivity index (χ1v) is 10.7. The number of nitrogens with zero attached hydrogens (tertiary/aromatic N) is 1. The Balaban J connectivity index is 1.37. The number of rotatable bonds is 7. The predicted molar refractivity (Wildman–Crippen MR) is 121 cm³/mol. The molecule has 3 amide bonds. The highest BCUT2D eigenvalue weighted by molar-refractivity contribution is 5.94. The van der Waals surface area contributed by atoms with Gasteiger partial charge in [-0.05, 0) is 48.6 Å². The van der Waals surface area contributed by atoms with E-state index in [1.54, 1.807) is 30.0 Å². The molecule has 3 rings (SSSR count). The van der Waals surface area contributed by atoms with Gasteiger partial charge in [0.15, 0.2) is 0 Å². The number of halogens is 1. The Kier molecular flexibility index (Phi) is 8.14. The van der Waals surface area contributed by atoms with Crippen molar-refractivity contribution in [1.82, 2.24) is 15.5 Å². The third kappa shape index (κ3) is 6.77. The minimum atomic E-state index is -0.330. The molecule has 0 spiro atoms. The number of benzene rings is 2. The van der Waals surface area contributed by atoms with Crippen molar-refractivity contribution in [1.29, 1.82) is 0 Å². The molecule has 2 aromatic carbocycles. The van der Waals surface area contributed by atoms with Crippen LogP contribution in [0.1, 0.15) is 29.5 Å². The molecule has 168 valence electrons. The number of piperidine rings is 1. The van der Waals surface area contributed by atoms with Crippen molar-refractivity contribution in [2.45, 2.75) is 26.3 Å². The van der Waals surface area contributed by atoms with Crippen molar-refractivity contribution in [3.8, 4) is 0 Å². The molecule has 0 atom stereocenters. The molecule has 1 saturated heterocycles. The fourth-order valence-electron chi connectivity index (χ4n) is 3.54. The molecule has 32 heavy (non-hydrogen) atoms. The Bertz CT molecular complexity index is 983. The van der Waals surface area contributed by atoms with E-state index in [9.17, 15) is 18.8 Å². The van der Waals surface area contributed by atoms with Gasteiger partial charge in [0.2, 0.25) is 17.7 Å². The second-order valence-electron chi connectivity index (χ2n) is 7.92. The van der Waals surface area contributed by atoms with Crippen molar-refractivity contribution in [2.75, 3.05) is 19.6 Å². The summed E-state index contributed by atoms with van der Waals surface area (Å²) in [5, 5.41) is 5.46. The van der Waals surface area contributed by atoms with Crippen molar-refractivity contribution in [2.24, 2.45) is 5.92 Å². The number of aryl methyl sites for hydroxylation is 1. The molecule has 1 aliphatic heterocycles. The molecule has 0 aliphatic carbocycles. The van der Waals surface area contributed by atoms with Gasteiger partial charge >= 0.3 is 0 Å². The molecule has 6 nitrogen and oxygen atoms in total. The minimum Gasteiger partial charge on any atom is -0.352 e. The molecule has 0 bridgehead atoms. The summed E-state index contributed by atoms with van der Waals surface area (Å²) in [5.41, 5.74) is 2.19. The summed E-state index contributed by atoms with van der Waals surface area (Å²) >= 11 is 0. The summed E-state index contributed by atoms with van der Waals surface area (Å²) in [7, 11) is 0. The van der Waals surface area contributed by atoms with Crippen LogP contribution >= 0.6 is 0 Å². The zero-order valence-electron chi connectivity index (χ0n) is 18.1.